The minimum atomic E-state index is -4.44. The molecule has 0 N–H and O–H groups in total. The molecule has 0 saturated carbocycles. The Morgan fingerprint density at radius 3 is 2.36 bits per heavy atom. The normalized spacial score (nSPS) is 16.8. The molecule has 0 bridgehead atoms. The summed E-state index contributed by atoms with van der Waals surface area (Å²) in [5.41, 5.74) is -0.196. The number of anilines is 1. The molecule has 8 heteroatoms. The molecule has 0 radical (unpaired) electrons. The molecule has 0 aliphatic carbocycles. The van der Waals surface area contributed by atoms with Gasteiger partial charge in [-0.1, -0.05) is 6.07 Å². The molecule has 4 nitrogen and oxygen atoms in total. The Morgan fingerprint density at radius 1 is 1.18 bits per heavy atom. The topological polar surface area (TPSA) is 46.6 Å². The average Bonchev–Trinajstić information content (AvgIpc) is 2.44. The summed E-state index contributed by atoms with van der Waals surface area (Å²) in [6.45, 7) is 0.872. The molecule has 0 spiro atoms. The molecule has 1 saturated heterocycles. The van der Waals surface area contributed by atoms with Crippen LogP contribution in [-0.2, 0) is 27.1 Å². The highest BCUT2D eigenvalue weighted by atomic mass is 32.2. The van der Waals surface area contributed by atoms with Gasteiger partial charge in [-0.2, -0.15) is 21.6 Å². The van der Waals surface area contributed by atoms with Gasteiger partial charge in [0.25, 0.3) is 10.1 Å². The van der Waals surface area contributed by atoms with Crippen molar-refractivity contribution < 1.29 is 25.8 Å². The van der Waals surface area contributed by atoms with Crippen LogP contribution in [-0.4, -0.2) is 27.8 Å². The van der Waals surface area contributed by atoms with Gasteiger partial charge in [0.2, 0.25) is 0 Å². The van der Waals surface area contributed by atoms with Crippen molar-refractivity contribution in [3.05, 3.63) is 29.3 Å². The summed E-state index contributed by atoms with van der Waals surface area (Å²) < 4.78 is 66.1. The number of hydrogen-bond acceptors (Lipinski definition) is 4. The van der Waals surface area contributed by atoms with Crippen molar-refractivity contribution in [1.29, 1.82) is 0 Å². The second kappa shape index (κ2) is 6.45. The highest BCUT2D eigenvalue weighted by molar-refractivity contribution is 7.85. The van der Waals surface area contributed by atoms with Crippen molar-refractivity contribution >= 4 is 15.8 Å². The predicted octanol–water partition coefficient (Wildman–Crippen LogP) is 3.17. The van der Waals surface area contributed by atoms with Gasteiger partial charge < -0.3 is 4.90 Å². The number of benzene rings is 1. The van der Waals surface area contributed by atoms with Crippen molar-refractivity contribution in [2.45, 2.75) is 32.0 Å². The zero-order valence-corrected chi connectivity index (χ0v) is 13.0. The Morgan fingerprint density at radius 2 is 1.82 bits per heavy atom. The van der Waals surface area contributed by atoms with Crippen LogP contribution < -0.4 is 4.90 Å². The lowest BCUT2D eigenvalue weighted by atomic mass is 10.0. The summed E-state index contributed by atoms with van der Waals surface area (Å²) in [6, 6.07) is 3.62. The van der Waals surface area contributed by atoms with E-state index >= 15 is 0 Å². The van der Waals surface area contributed by atoms with E-state index in [1.165, 1.54) is 12.1 Å². The predicted molar refractivity (Wildman–Crippen MR) is 77.1 cm³/mol. The molecular formula is C14H18F3NO3S. The van der Waals surface area contributed by atoms with Gasteiger partial charge in [-0.05, 0) is 37.0 Å². The van der Waals surface area contributed by atoms with Gasteiger partial charge in [-0.25, -0.2) is 0 Å². The largest absolute Gasteiger partial charge is 0.418 e. The monoisotopic (exact) mass is 337 g/mol. The third-order valence-electron chi connectivity index (χ3n) is 3.50. The Kier molecular flexibility index (Phi) is 5.01. The first-order valence-electron chi connectivity index (χ1n) is 6.96. The van der Waals surface area contributed by atoms with Crippen LogP contribution in [0, 0.1) is 0 Å². The van der Waals surface area contributed by atoms with Crippen molar-refractivity contribution in [3.63, 3.8) is 0 Å². The quantitative estimate of drug-likeness (QED) is 0.792. The zero-order chi connectivity index (χ0) is 16.4. The maximum atomic E-state index is 13.2. The van der Waals surface area contributed by atoms with Gasteiger partial charge in [-0.3, -0.25) is 4.18 Å². The molecule has 0 amide bonds. The molecule has 1 aromatic rings. The Balaban J connectivity index is 2.32. The van der Waals surface area contributed by atoms with E-state index in [0.717, 1.165) is 31.6 Å². The lowest BCUT2D eigenvalue weighted by Crippen LogP contribution is -2.31. The van der Waals surface area contributed by atoms with E-state index in [1.807, 2.05) is 0 Å². The number of piperidine rings is 1. The summed E-state index contributed by atoms with van der Waals surface area (Å²) in [6.07, 6.45) is -0.830. The zero-order valence-electron chi connectivity index (χ0n) is 12.2. The van der Waals surface area contributed by atoms with Gasteiger partial charge in [0.1, 0.15) is 0 Å². The van der Waals surface area contributed by atoms with Crippen LogP contribution in [0.25, 0.3) is 0 Å². The molecule has 2 rings (SSSR count). The van der Waals surface area contributed by atoms with Crippen molar-refractivity contribution in [1.82, 2.24) is 0 Å². The first-order chi connectivity index (χ1) is 10.2. The molecule has 1 aliphatic rings. The van der Waals surface area contributed by atoms with Gasteiger partial charge in [-0.15, -0.1) is 0 Å². The summed E-state index contributed by atoms with van der Waals surface area (Å²) in [7, 11) is -3.63. The lowest BCUT2D eigenvalue weighted by molar-refractivity contribution is -0.137. The van der Waals surface area contributed by atoms with Gasteiger partial charge >= 0.3 is 6.18 Å². The third kappa shape index (κ3) is 4.61. The average molecular weight is 337 g/mol. The molecule has 1 heterocycles. The molecule has 1 fully saturated rings. The van der Waals surface area contributed by atoms with Crippen LogP contribution in [0.5, 0.6) is 0 Å². The fourth-order valence-electron chi connectivity index (χ4n) is 2.48. The minimum absolute atomic E-state index is 0.0989. The van der Waals surface area contributed by atoms with E-state index in [2.05, 4.69) is 4.18 Å². The fourth-order valence-corrected chi connectivity index (χ4v) is 2.83. The van der Waals surface area contributed by atoms with Gasteiger partial charge in [0, 0.05) is 18.8 Å². The van der Waals surface area contributed by atoms with E-state index in [1.54, 1.807) is 4.90 Å². The molecule has 0 unspecified atom stereocenters. The molecule has 22 heavy (non-hydrogen) atoms. The first-order valence-corrected chi connectivity index (χ1v) is 8.78. The van der Waals surface area contributed by atoms with Gasteiger partial charge in [0.15, 0.2) is 0 Å². The minimum Gasteiger partial charge on any atom is -0.371 e. The molecule has 1 aliphatic heterocycles. The molecule has 124 valence electrons. The summed E-state index contributed by atoms with van der Waals surface area (Å²) in [4.78, 5) is 1.70. The second-order valence-corrected chi connectivity index (χ2v) is 7.01. The van der Waals surface area contributed by atoms with E-state index in [-0.39, 0.29) is 12.3 Å². The molecule has 1 aromatic carbocycles. The highest BCUT2D eigenvalue weighted by Crippen LogP contribution is 2.38. The smallest absolute Gasteiger partial charge is 0.371 e. The molecule has 0 atom stereocenters. The maximum absolute atomic E-state index is 13.2. The van der Waals surface area contributed by atoms with E-state index in [4.69, 9.17) is 0 Å². The number of nitrogens with zero attached hydrogens (tertiary/aromatic N) is 1. The highest BCUT2D eigenvalue weighted by Gasteiger charge is 2.35. The first kappa shape index (κ1) is 17.1. The number of rotatable bonds is 4. The SMILES string of the molecule is CS(=O)(=O)OCc1ccc(C(F)(F)F)c(N2CCCCC2)c1. The van der Waals surface area contributed by atoms with Crippen LogP contribution in [0.15, 0.2) is 18.2 Å². The Labute approximate surface area is 128 Å². The van der Waals surface area contributed by atoms with E-state index in [0.29, 0.717) is 18.7 Å². The summed E-state index contributed by atoms with van der Waals surface area (Å²) >= 11 is 0. The lowest BCUT2D eigenvalue weighted by Gasteiger charge is -2.31. The van der Waals surface area contributed by atoms with Crippen LogP contribution >= 0.6 is 0 Å². The van der Waals surface area contributed by atoms with Crippen molar-refractivity contribution in [2.24, 2.45) is 0 Å². The maximum Gasteiger partial charge on any atom is 0.418 e. The Hall–Kier alpha value is -1.28. The van der Waals surface area contributed by atoms with Crippen LogP contribution in [0.1, 0.15) is 30.4 Å². The van der Waals surface area contributed by atoms with Crippen molar-refractivity contribution in [3.8, 4) is 0 Å². The van der Waals surface area contributed by atoms with Crippen LogP contribution in [0.3, 0.4) is 0 Å². The summed E-state index contributed by atoms with van der Waals surface area (Å²) in [5, 5.41) is 0. The van der Waals surface area contributed by atoms with E-state index < -0.39 is 21.9 Å². The number of hydrogen-bond donors (Lipinski definition) is 0. The van der Waals surface area contributed by atoms with E-state index in [9.17, 15) is 21.6 Å². The number of halogens is 3. The fraction of sp³-hybridized carbons (Fsp3) is 0.571. The van der Waals surface area contributed by atoms with Crippen molar-refractivity contribution in [2.75, 3.05) is 24.2 Å². The summed E-state index contributed by atoms with van der Waals surface area (Å²) in [5.74, 6) is 0. The number of alkyl halides is 3. The third-order valence-corrected chi connectivity index (χ3v) is 4.05. The standard InChI is InChI=1S/C14H18F3NO3S/c1-22(19,20)21-10-11-5-6-12(14(15,16)17)13(9-11)18-7-3-2-4-8-18/h5-6,9H,2-4,7-8,10H2,1H3. The van der Waals surface area contributed by atoms with Gasteiger partial charge in [0.05, 0.1) is 18.4 Å². The Bertz CT molecular complexity index is 623. The second-order valence-electron chi connectivity index (χ2n) is 5.36. The molecular weight excluding hydrogens is 319 g/mol. The van der Waals surface area contributed by atoms with Crippen LogP contribution in [0.2, 0.25) is 0 Å². The molecule has 0 aromatic heterocycles. The van der Waals surface area contributed by atoms with Crippen LogP contribution in [0.4, 0.5) is 18.9 Å².